The molecule has 0 unspecified atom stereocenters. The molecule has 2 N–H and O–H groups in total. The lowest BCUT2D eigenvalue weighted by Crippen LogP contribution is -2.21. The first-order valence-corrected chi connectivity index (χ1v) is 7.84. The predicted molar refractivity (Wildman–Crippen MR) is 95.7 cm³/mol. The standard InChI is InChI=1S/C18H20N4O3/c1-3-25-16-8-6-15(7-9-16)20-17(23)11-13(2)21-22-18(24)14-5-4-10-19-12-14/h4-10,12H,3,11H2,1-2H3,(H,20,23)(H,22,24)/b21-13-. The monoisotopic (exact) mass is 340 g/mol. The van der Waals surface area contributed by atoms with Crippen LogP contribution in [-0.2, 0) is 4.79 Å². The second kappa shape index (κ2) is 9.17. The van der Waals surface area contributed by atoms with Crippen LogP contribution in [0.15, 0.2) is 53.9 Å². The maximum atomic E-state index is 12.0. The van der Waals surface area contributed by atoms with Crippen molar-refractivity contribution in [1.29, 1.82) is 0 Å². The number of nitrogens with one attached hydrogen (secondary N) is 2. The Labute approximate surface area is 146 Å². The first-order valence-electron chi connectivity index (χ1n) is 7.84. The number of carbonyl (C=O) groups is 2. The summed E-state index contributed by atoms with van der Waals surface area (Å²) in [6.45, 7) is 4.16. The lowest BCUT2D eigenvalue weighted by molar-refractivity contribution is -0.115. The summed E-state index contributed by atoms with van der Waals surface area (Å²) in [5.41, 5.74) is 3.96. The molecule has 2 amide bonds. The van der Waals surface area contributed by atoms with Crippen molar-refractivity contribution in [2.75, 3.05) is 11.9 Å². The minimum absolute atomic E-state index is 0.0700. The van der Waals surface area contributed by atoms with Gasteiger partial charge in [0, 0.05) is 23.8 Å². The van der Waals surface area contributed by atoms with Gasteiger partial charge in [0.1, 0.15) is 5.75 Å². The summed E-state index contributed by atoms with van der Waals surface area (Å²) in [6, 6.07) is 10.4. The number of pyridine rings is 1. The Bertz CT molecular complexity index is 743. The average molecular weight is 340 g/mol. The number of hydrazone groups is 1. The third-order valence-corrected chi connectivity index (χ3v) is 3.14. The fourth-order valence-corrected chi connectivity index (χ4v) is 1.99. The van der Waals surface area contributed by atoms with Crippen molar-refractivity contribution in [2.45, 2.75) is 20.3 Å². The van der Waals surface area contributed by atoms with Gasteiger partial charge in [0.2, 0.25) is 5.91 Å². The zero-order valence-corrected chi connectivity index (χ0v) is 14.2. The molecule has 0 saturated heterocycles. The van der Waals surface area contributed by atoms with Crippen LogP contribution in [0, 0.1) is 0 Å². The summed E-state index contributed by atoms with van der Waals surface area (Å²) in [4.78, 5) is 27.7. The molecule has 25 heavy (non-hydrogen) atoms. The fraction of sp³-hybridized carbons (Fsp3) is 0.222. The van der Waals surface area contributed by atoms with E-state index < -0.39 is 0 Å². The molecular weight excluding hydrogens is 320 g/mol. The van der Waals surface area contributed by atoms with Gasteiger partial charge in [0.25, 0.3) is 5.91 Å². The molecule has 0 bridgehead atoms. The Morgan fingerprint density at radius 1 is 1.20 bits per heavy atom. The van der Waals surface area contributed by atoms with Crippen LogP contribution in [0.3, 0.4) is 0 Å². The Kier molecular flexibility index (Phi) is 6.65. The summed E-state index contributed by atoms with van der Waals surface area (Å²) in [5.74, 6) is 0.150. The maximum absolute atomic E-state index is 12.0. The van der Waals surface area contributed by atoms with Gasteiger partial charge in [0.05, 0.1) is 18.6 Å². The quantitative estimate of drug-likeness (QED) is 0.598. The maximum Gasteiger partial charge on any atom is 0.272 e. The summed E-state index contributed by atoms with van der Waals surface area (Å²) in [7, 11) is 0. The average Bonchev–Trinajstić information content (AvgIpc) is 2.62. The highest BCUT2D eigenvalue weighted by atomic mass is 16.5. The van der Waals surface area contributed by atoms with Gasteiger partial charge in [0.15, 0.2) is 0 Å². The van der Waals surface area contributed by atoms with Crippen molar-refractivity contribution in [3.8, 4) is 5.75 Å². The molecule has 2 rings (SSSR count). The highest BCUT2D eigenvalue weighted by Gasteiger charge is 2.07. The SMILES string of the molecule is CCOc1ccc(NC(=O)C/C(C)=N\NC(=O)c2cccnc2)cc1. The van der Waals surface area contributed by atoms with Crippen molar-refractivity contribution in [2.24, 2.45) is 5.10 Å². The van der Waals surface area contributed by atoms with Crippen LogP contribution in [0.2, 0.25) is 0 Å². The van der Waals surface area contributed by atoms with Crippen LogP contribution < -0.4 is 15.5 Å². The van der Waals surface area contributed by atoms with Crippen molar-refractivity contribution in [3.63, 3.8) is 0 Å². The predicted octanol–water partition coefficient (Wildman–Crippen LogP) is 2.61. The Morgan fingerprint density at radius 2 is 1.96 bits per heavy atom. The molecule has 0 saturated carbocycles. The molecule has 0 radical (unpaired) electrons. The second-order valence-corrected chi connectivity index (χ2v) is 5.21. The third-order valence-electron chi connectivity index (χ3n) is 3.14. The molecule has 130 valence electrons. The van der Waals surface area contributed by atoms with Gasteiger partial charge in [-0.1, -0.05) is 0 Å². The van der Waals surface area contributed by atoms with Gasteiger partial charge in [-0.15, -0.1) is 0 Å². The molecular formula is C18H20N4O3. The minimum atomic E-state index is -0.376. The van der Waals surface area contributed by atoms with Crippen LogP contribution in [0.25, 0.3) is 0 Å². The molecule has 0 fully saturated rings. The van der Waals surface area contributed by atoms with Gasteiger partial charge in [-0.2, -0.15) is 5.10 Å². The number of carbonyl (C=O) groups excluding carboxylic acids is 2. The molecule has 1 heterocycles. The summed E-state index contributed by atoms with van der Waals surface area (Å²) in [5, 5.41) is 6.69. The minimum Gasteiger partial charge on any atom is -0.494 e. The fourth-order valence-electron chi connectivity index (χ4n) is 1.99. The topological polar surface area (TPSA) is 92.7 Å². The number of nitrogens with zero attached hydrogens (tertiary/aromatic N) is 2. The van der Waals surface area contributed by atoms with E-state index in [9.17, 15) is 9.59 Å². The number of benzene rings is 1. The zero-order chi connectivity index (χ0) is 18.1. The number of ether oxygens (including phenoxy) is 1. The number of hydrogen-bond acceptors (Lipinski definition) is 5. The summed E-state index contributed by atoms with van der Waals surface area (Å²) in [6.07, 6.45) is 3.09. The van der Waals surface area contributed by atoms with Gasteiger partial charge in [-0.3, -0.25) is 14.6 Å². The lowest BCUT2D eigenvalue weighted by Gasteiger charge is -2.07. The van der Waals surface area contributed by atoms with Crippen LogP contribution in [0.4, 0.5) is 5.69 Å². The first kappa shape index (κ1) is 18.1. The Balaban J connectivity index is 1.83. The van der Waals surface area contributed by atoms with Gasteiger partial charge in [-0.25, -0.2) is 5.43 Å². The second-order valence-electron chi connectivity index (χ2n) is 5.21. The molecule has 2 aromatic rings. The highest BCUT2D eigenvalue weighted by Crippen LogP contribution is 2.15. The van der Waals surface area contributed by atoms with Gasteiger partial charge < -0.3 is 10.1 Å². The van der Waals surface area contributed by atoms with Crippen LogP contribution in [0.1, 0.15) is 30.6 Å². The third kappa shape index (κ3) is 6.06. The number of anilines is 1. The van der Waals surface area contributed by atoms with E-state index in [2.05, 4.69) is 20.8 Å². The number of rotatable bonds is 7. The van der Waals surface area contributed by atoms with Gasteiger partial charge in [-0.05, 0) is 50.2 Å². The highest BCUT2D eigenvalue weighted by molar-refractivity contribution is 6.06. The zero-order valence-electron chi connectivity index (χ0n) is 14.2. The van der Waals surface area contributed by atoms with E-state index in [1.54, 1.807) is 49.5 Å². The molecule has 1 aromatic heterocycles. The molecule has 1 aromatic carbocycles. The normalized spacial score (nSPS) is 10.9. The molecule has 0 aliphatic heterocycles. The van der Waals surface area contributed by atoms with Gasteiger partial charge >= 0.3 is 0 Å². The molecule has 0 atom stereocenters. The molecule has 0 aliphatic rings. The number of amides is 2. The molecule has 7 nitrogen and oxygen atoms in total. The van der Waals surface area contributed by atoms with E-state index in [1.807, 2.05) is 6.92 Å². The van der Waals surface area contributed by atoms with E-state index >= 15 is 0 Å². The summed E-state index contributed by atoms with van der Waals surface area (Å²) >= 11 is 0. The molecule has 0 spiro atoms. The van der Waals surface area contributed by atoms with Crippen molar-refractivity contribution in [3.05, 3.63) is 54.4 Å². The number of aromatic nitrogens is 1. The van der Waals surface area contributed by atoms with Crippen LogP contribution >= 0.6 is 0 Å². The van der Waals surface area contributed by atoms with E-state index in [1.165, 1.54) is 6.20 Å². The Morgan fingerprint density at radius 3 is 2.60 bits per heavy atom. The smallest absolute Gasteiger partial charge is 0.272 e. The van der Waals surface area contributed by atoms with Crippen molar-refractivity contribution < 1.29 is 14.3 Å². The van der Waals surface area contributed by atoms with Crippen LogP contribution in [-0.4, -0.2) is 29.1 Å². The first-order chi connectivity index (χ1) is 12.1. The van der Waals surface area contributed by atoms with E-state index in [0.717, 1.165) is 5.75 Å². The van der Waals surface area contributed by atoms with Crippen LogP contribution in [0.5, 0.6) is 5.75 Å². The Hall–Kier alpha value is -3.22. The van der Waals surface area contributed by atoms with Crippen molar-refractivity contribution >= 4 is 23.2 Å². The molecule has 7 heteroatoms. The van der Waals surface area contributed by atoms with E-state index in [4.69, 9.17) is 4.74 Å². The lowest BCUT2D eigenvalue weighted by atomic mass is 10.2. The largest absolute Gasteiger partial charge is 0.494 e. The van der Waals surface area contributed by atoms with E-state index in [0.29, 0.717) is 23.6 Å². The molecule has 0 aliphatic carbocycles. The number of hydrogen-bond donors (Lipinski definition) is 2. The van der Waals surface area contributed by atoms with Crippen molar-refractivity contribution in [1.82, 2.24) is 10.4 Å². The van der Waals surface area contributed by atoms with E-state index in [-0.39, 0.29) is 18.2 Å². The summed E-state index contributed by atoms with van der Waals surface area (Å²) < 4.78 is 5.34.